The van der Waals surface area contributed by atoms with E-state index >= 15 is 0 Å². The number of ether oxygens (including phenoxy) is 4. The second kappa shape index (κ2) is 9.52. The molecule has 0 N–H and O–H groups in total. The molecule has 2 aromatic carbocycles. The maximum atomic E-state index is 13.2. The minimum atomic E-state index is 0.0486. The molecule has 0 spiro atoms. The zero-order valence-electron chi connectivity index (χ0n) is 19.9. The monoisotopic (exact) mass is 466 g/mol. The van der Waals surface area contributed by atoms with Crippen LogP contribution in [-0.2, 0) is 24.4 Å². The highest BCUT2D eigenvalue weighted by Gasteiger charge is 2.25. The van der Waals surface area contributed by atoms with Crippen LogP contribution in [0, 0.1) is 0 Å². The second-order valence-corrected chi connectivity index (χ2v) is 8.50. The van der Waals surface area contributed by atoms with E-state index in [1.807, 2.05) is 35.2 Å². The Balaban J connectivity index is 1.25. The Bertz CT molecular complexity index is 1200. The van der Waals surface area contributed by atoms with Crippen LogP contribution in [0.4, 0.5) is 0 Å². The highest BCUT2D eigenvalue weighted by molar-refractivity contribution is 5.97. The van der Waals surface area contributed by atoms with Crippen LogP contribution in [-0.4, -0.2) is 79.4 Å². The van der Waals surface area contributed by atoms with E-state index in [0.717, 1.165) is 42.1 Å². The number of benzene rings is 2. The predicted molar refractivity (Wildman–Crippen MR) is 127 cm³/mol. The van der Waals surface area contributed by atoms with Crippen molar-refractivity contribution in [3.8, 4) is 17.2 Å². The lowest BCUT2D eigenvalue weighted by atomic mass is 10.1. The molecule has 1 amide bonds. The van der Waals surface area contributed by atoms with Gasteiger partial charge in [0.05, 0.1) is 39.0 Å². The molecule has 1 aromatic heterocycles. The molecular formula is C25H30N4O5. The van der Waals surface area contributed by atoms with Gasteiger partial charge in [0, 0.05) is 50.4 Å². The number of nitrogens with zero attached hydrogens (tertiary/aromatic N) is 4. The van der Waals surface area contributed by atoms with Gasteiger partial charge in [-0.1, -0.05) is 6.07 Å². The molecule has 180 valence electrons. The van der Waals surface area contributed by atoms with Crippen molar-refractivity contribution >= 4 is 16.9 Å². The number of carbonyl (C=O) groups is 1. The first-order valence-electron chi connectivity index (χ1n) is 11.5. The van der Waals surface area contributed by atoms with Gasteiger partial charge in [-0.3, -0.25) is 9.69 Å². The van der Waals surface area contributed by atoms with Crippen molar-refractivity contribution in [2.75, 3.05) is 54.1 Å². The summed E-state index contributed by atoms with van der Waals surface area (Å²) in [6.07, 6.45) is 0. The number of amides is 1. The van der Waals surface area contributed by atoms with Gasteiger partial charge in [-0.2, -0.15) is 0 Å². The Hall–Kier alpha value is -3.30. The van der Waals surface area contributed by atoms with E-state index in [0.29, 0.717) is 55.7 Å². The van der Waals surface area contributed by atoms with Gasteiger partial charge < -0.3 is 28.4 Å². The summed E-state index contributed by atoms with van der Waals surface area (Å²) in [7, 11) is 4.86. The third kappa shape index (κ3) is 4.05. The molecule has 9 heteroatoms. The van der Waals surface area contributed by atoms with Crippen molar-refractivity contribution in [2.24, 2.45) is 0 Å². The summed E-state index contributed by atoms with van der Waals surface area (Å²) in [4.78, 5) is 22.1. The van der Waals surface area contributed by atoms with Gasteiger partial charge in [0.2, 0.25) is 5.75 Å². The van der Waals surface area contributed by atoms with Crippen molar-refractivity contribution in [1.82, 2.24) is 19.4 Å². The molecule has 0 saturated carbocycles. The molecule has 0 atom stereocenters. The topological polar surface area (TPSA) is 78.3 Å². The van der Waals surface area contributed by atoms with E-state index in [1.165, 1.54) is 0 Å². The Labute approximate surface area is 198 Å². The summed E-state index contributed by atoms with van der Waals surface area (Å²) >= 11 is 0. The maximum Gasteiger partial charge on any atom is 0.254 e. The van der Waals surface area contributed by atoms with Crippen LogP contribution in [0.15, 0.2) is 30.3 Å². The summed E-state index contributed by atoms with van der Waals surface area (Å²) in [6, 6.07) is 9.72. The number of hydrogen-bond donors (Lipinski definition) is 0. The van der Waals surface area contributed by atoms with E-state index in [9.17, 15) is 4.79 Å². The average molecular weight is 467 g/mol. The Morgan fingerprint density at radius 1 is 0.971 bits per heavy atom. The van der Waals surface area contributed by atoms with Gasteiger partial charge in [-0.05, 0) is 24.3 Å². The maximum absolute atomic E-state index is 13.2. The van der Waals surface area contributed by atoms with E-state index < -0.39 is 0 Å². The molecule has 34 heavy (non-hydrogen) atoms. The normalized spacial score (nSPS) is 16.4. The first kappa shape index (κ1) is 22.5. The predicted octanol–water partition coefficient (Wildman–Crippen LogP) is 2.55. The highest BCUT2D eigenvalue weighted by Crippen LogP contribution is 2.40. The third-order valence-electron chi connectivity index (χ3n) is 6.60. The van der Waals surface area contributed by atoms with E-state index in [4.69, 9.17) is 18.9 Å². The summed E-state index contributed by atoms with van der Waals surface area (Å²) in [5.41, 5.74) is 3.62. The van der Waals surface area contributed by atoms with Gasteiger partial charge in [-0.25, -0.2) is 4.98 Å². The molecule has 0 unspecified atom stereocenters. The number of methoxy groups -OCH3 is 3. The zero-order valence-corrected chi connectivity index (χ0v) is 19.9. The number of piperazine rings is 1. The van der Waals surface area contributed by atoms with Crippen LogP contribution < -0.4 is 14.2 Å². The molecule has 2 aliphatic rings. The lowest BCUT2D eigenvalue weighted by molar-refractivity contribution is 0.0627. The van der Waals surface area contributed by atoms with Gasteiger partial charge in [-0.15, -0.1) is 0 Å². The summed E-state index contributed by atoms with van der Waals surface area (Å²) in [5.74, 6) is 2.89. The second-order valence-electron chi connectivity index (χ2n) is 8.50. The summed E-state index contributed by atoms with van der Waals surface area (Å²) in [6.45, 7) is 5.61. The Morgan fingerprint density at radius 2 is 1.76 bits per heavy atom. The van der Waals surface area contributed by atoms with Crippen molar-refractivity contribution in [3.05, 3.63) is 47.3 Å². The smallest absolute Gasteiger partial charge is 0.254 e. The largest absolute Gasteiger partial charge is 0.493 e. The van der Waals surface area contributed by atoms with Crippen molar-refractivity contribution < 1.29 is 23.7 Å². The number of imidazole rings is 1. The van der Waals surface area contributed by atoms with Gasteiger partial charge in [0.15, 0.2) is 11.5 Å². The first-order valence-corrected chi connectivity index (χ1v) is 11.5. The van der Waals surface area contributed by atoms with Gasteiger partial charge in [0.25, 0.3) is 5.91 Å². The first-order chi connectivity index (χ1) is 16.6. The molecule has 0 radical (unpaired) electrons. The number of carbonyl (C=O) groups excluding carboxylic acids is 1. The molecule has 0 bridgehead atoms. The molecule has 3 aromatic rings. The van der Waals surface area contributed by atoms with Gasteiger partial charge in [0.1, 0.15) is 12.4 Å². The van der Waals surface area contributed by atoms with E-state index in [1.54, 1.807) is 21.3 Å². The Morgan fingerprint density at radius 3 is 2.50 bits per heavy atom. The van der Waals surface area contributed by atoms with Crippen LogP contribution in [0.5, 0.6) is 17.2 Å². The fourth-order valence-electron chi connectivity index (χ4n) is 4.81. The summed E-state index contributed by atoms with van der Waals surface area (Å²) < 4.78 is 24.2. The van der Waals surface area contributed by atoms with Crippen molar-refractivity contribution in [1.29, 1.82) is 0 Å². The van der Waals surface area contributed by atoms with Crippen LogP contribution in [0.2, 0.25) is 0 Å². The number of hydrogen-bond acceptors (Lipinski definition) is 7. The fraction of sp³-hybridized carbons (Fsp3) is 0.440. The molecule has 3 heterocycles. The van der Waals surface area contributed by atoms with E-state index in [-0.39, 0.29) is 5.91 Å². The average Bonchev–Trinajstić information content (AvgIpc) is 3.26. The molecule has 0 aliphatic carbocycles. The van der Waals surface area contributed by atoms with Crippen LogP contribution in [0.1, 0.15) is 21.7 Å². The zero-order chi connectivity index (χ0) is 23.7. The van der Waals surface area contributed by atoms with Crippen LogP contribution in [0.3, 0.4) is 0 Å². The molecule has 1 fully saturated rings. The molecule has 9 nitrogen and oxygen atoms in total. The number of aromatic nitrogens is 2. The van der Waals surface area contributed by atoms with E-state index in [2.05, 4.69) is 14.5 Å². The number of fused-ring (bicyclic) bond motifs is 3. The minimum absolute atomic E-state index is 0.0486. The SMILES string of the molecule is COc1ccc(CN2CCN(C(=O)c3ccc4c(c3)nc3n4CCOC3)CC2)c(OC)c1OC. The van der Waals surface area contributed by atoms with Crippen molar-refractivity contribution in [3.63, 3.8) is 0 Å². The molecule has 5 rings (SSSR count). The molecular weight excluding hydrogens is 436 g/mol. The summed E-state index contributed by atoms with van der Waals surface area (Å²) in [5, 5.41) is 0. The number of rotatable bonds is 6. The molecule has 1 saturated heterocycles. The standard InChI is InChI=1S/C25H30N4O5/c1-31-21-7-5-18(23(32-2)24(21)33-3)15-27-8-10-28(11-9-27)25(30)17-4-6-20-19(14-17)26-22-16-34-13-12-29(20)22/h4-7,14H,8-13,15-16H2,1-3H3. The quantitative estimate of drug-likeness (QED) is 0.553. The lowest BCUT2D eigenvalue weighted by Gasteiger charge is -2.35. The highest BCUT2D eigenvalue weighted by atomic mass is 16.5. The minimum Gasteiger partial charge on any atom is -0.493 e. The van der Waals surface area contributed by atoms with Crippen molar-refractivity contribution in [2.45, 2.75) is 19.7 Å². The lowest BCUT2D eigenvalue weighted by Crippen LogP contribution is -2.48. The van der Waals surface area contributed by atoms with Crippen LogP contribution >= 0.6 is 0 Å². The molecule has 2 aliphatic heterocycles. The fourth-order valence-corrected chi connectivity index (χ4v) is 4.81. The van der Waals surface area contributed by atoms with Gasteiger partial charge >= 0.3 is 0 Å². The van der Waals surface area contributed by atoms with Crippen LogP contribution in [0.25, 0.3) is 11.0 Å². The Kier molecular flexibility index (Phi) is 6.30. The third-order valence-corrected chi connectivity index (χ3v) is 6.60.